The summed E-state index contributed by atoms with van der Waals surface area (Å²) in [5.74, 6) is 0.426. The maximum Gasteiger partial charge on any atom is 0.330 e. The summed E-state index contributed by atoms with van der Waals surface area (Å²) < 4.78 is 4.74. The van der Waals surface area contributed by atoms with Crippen molar-refractivity contribution >= 4 is 17.7 Å². The third-order valence-electron chi connectivity index (χ3n) is 1.51. The van der Waals surface area contributed by atoms with Crippen molar-refractivity contribution < 1.29 is 9.53 Å². The molecule has 1 aromatic rings. The van der Waals surface area contributed by atoms with Gasteiger partial charge in [0.2, 0.25) is 0 Å². The Morgan fingerprint density at radius 1 is 1.60 bits per heavy atom. The van der Waals surface area contributed by atoms with E-state index in [1.165, 1.54) is 6.08 Å². The van der Waals surface area contributed by atoms with Crippen molar-refractivity contribution in [2.45, 2.75) is 11.9 Å². The molecule has 0 N–H and O–H groups in total. The number of pyridine rings is 1. The molecule has 0 aliphatic rings. The SMILES string of the molecule is CCOC(=O)/C=C/CSc1ccccn1. The molecule has 3 nitrogen and oxygen atoms in total. The molecular weight excluding hydrogens is 210 g/mol. The Bertz CT molecular complexity index is 325. The highest BCUT2D eigenvalue weighted by molar-refractivity contribution is 7.99. The fourth-order valence-corrected chi connectivity index (χ4v) is 1.57. The molecule has 0 amide bonds. The van der Waals surface area contributed by atoms with E-state index < -0.39 is 0 Å². The van der Waals surface area contributed by atoms with E-state index in [2.05, 4.69) is 4.98 Å². The summed E-state index contributed by atoms with van der Waals surface area (Å²) in [5, 5.41) is 0.950. The molecule has 1 rings (SSSR count). The van der Waals surface area contributed by atoms with Crippen LogP contribution >= 0.6 is 11.8 Å². The average molecular weight is 223 g/mol. The van der Waals surface area contributed by atoms with Crippen molar-refractivity contribution in [3.8, 4) is 0 Å². The Hall–Kier alpha value is -1.29. The summed E-state index contributed by atoms with van der Waals surface area (Å²) in [7, 11) is 0. The number of hydrogen-bond donors (Lipinski definition) is 0. The first kappa shape index (κ1) is 11.8. The fourth-order valence-electron chi connectivity index (χ4n) is 0.901. The Balaban J connectivity index is 2.24. The second-order valence-electron chi connectivity index (χ2n) is 2.63. The van der Waals surface area contributed by atoms with E-state index in [-0.39, 0.29) is 5.97 Å². The van der Waals surface area contributed by atoms with Gasteiger partial charge in [-0.2, -0.15) is 0 Å². The lowest BCUT2D eigenvalue weighted by Crippen LogP contribution is -1.98. The minimum atomic E-state index is -0.292. The van der Waals surface area contributed by atoms with Crippen LogP contribution in [0.3, 0.4) is 0 Å². The summed E-state index contributed by atoms with van der Waals surface area (Å²) in [5.41, 5.74) is 0. The summed E-state index contributed by atoms with van der Waals surface area (Å²) in [4.78, 5) is 15.1. The number of thioether (sulfide) groups is 1. The van der Waals surface area contributed by atoms with E-state index in [1.54, 1.807) is 31.0 Å². The van der Waals surface area contributed by atoms with Gasteiger partial charge in [0.1, 0.15) is 0 Å². The van der Waals surface area contributed by atoms with Gasteiger partial charge < -0.3 is 4.74 Å². The zero-order valence-corrected chi connectivity index (χ0v) is 9.37. The molecule has 15 heavy (non-hydrogen) atoms. The van der Waals surface area contributed by atoms with Crippen LogP contribution in [0, 0.1) is 0 Å². The molecule has 0 aliphatic carbocycles. The van der Waals surface area contributed by atoms with Crippen LogP contribution in [-0.2, 0) is 9.53 Å². The monoisotopic (exact) mass is 223 g/mol. The Kier molecular flexibility index (Phi) is 5.55. The molecule has 1 heterocycles. The largest absolute Gasteiger partial charge is 0.463 e. The summed E-state index contributed by atoms with van der Waals surface area (Å²) in [6, 6.07) is 5.74. The molecule has 0 unspecified atom stereocenters. The maximum absolute atomic E-state index is 10.9. The van der Waals surface area contributed by atoms with Crippen molar-refractivity contribution in [1.82, 2.24) is 4.98 Å². The smallest absolute Gasteiger partial charge is 0.330 e. The van der Waals surface area contributed by atoms with Crippen LogP contribution in [0.25, 0.3) is 0 Å². The molecule has 0 aliphatic heterocycles. The van der Waals surface area contributed by atoms with E-state index in [1.807, 2.05) is 18.2 Å². The summed E-state index contributed by atoms with van der Waals surface area (Å²) in [6.45, 7) is 2.20. The van der Waals surface area contributed by atoms with Crippen LogP contribution in [0.2, 0.25) is 0 Å². The van der Waals surface area contributed by atoms with Crippen molar-refractivity contribution in [2.75, 3.05) is 12.4 Å². The van der Waals surface area contributed by atoms with E-state index in [4.69, 9.17) is 4.74 Å². The van der Waals surface area contributed by atoms with Gasteiger partial charge >= 0.3 is 5.97 Å². The van der Waals surface area contributed by atoms with E-state index in [0.717, 1.165) is 10.8 Å². The Labute approximate surface area is 93.5 Å². The predicted octanol–water partition coefficient (Wildman–Crippen LogP) is 2.29. The first-order valence-electron chi connectivity index (χ1n) is 4.70. The van der Waals surface area contributed by atoms with Crippen molar-refractivity contribution in [3.63, 3.8) is 0 Å². The van der Waals surface area contributed by atoms with Crippen molar-refractivity contribution in [3.05, 3.63) is 36.5 Å². The molecule has 1 aromatic heterocycles. The topological polar surface area (TPSA) is 39.2 Å². The highest BCUT2D eigenvalue weighted by atomic mass is 32.2. The standard InChI is InChI=1S/C11H13NO2S/c1-2-14-11(13)7-5-9-15-10-6-3-4-8-12-10/h3-8H,2,9H2,1H3/b7-5+. The number of carbonyl (C=O) groups excluding carboxylic acids is 1. The van der Waals surface area contributed by atoms with Gasteiger partial charge in [0.25, 0.3) is 0 Å². The number of esters is 1. The minimum absolute atomic E-state index is 0.292. The number of ether oxygens (including phenoxy) is 1. The highest BCUT2D eigenvalue weighted by Gasteiger charge is 1.93. The first-order chi connectivity index (χ1) is 7.33. The lowest BCUT2D eigenvalue weighted by Gasteiger charge is -1.96. The van der Waals surface area contributed by atoms with Gasteiger partial charge in [0, 0.05) is 18.0 Å². The number of carbonyl (C=O) groups is 1. The van der Waals surface area contributed by atoms with Gasteiger partial charge in [-0.1, -0.05) is 12.1 Å². The molecule has 4 heteroatoms. The second-order valence-corrected chi connectivity index (χ2v) is 3.67. The number of aromatic nitrogens is 1. The second kappa shape index (κ2) is 7.06. The van der Waals surface area contributed by atoms with Gasteiger partial charge in [0.15, 0.2) is 0 Å². The van der Waals surface area contributed by atoms with Gasteiger partial charge in [-0.15, -0.1) is 11.8 Å². The average Bonchev–Trinajstić information content (AvgIpc) is 2.26. The first-order valence-corrected chi connectivity index (χ1v) is 5.68. The maximum atomic E-state index is 10.9. The number of nitrogens with zero attached hydrogens (tertiary/aromatic N) is 1. The third kappa shape index (κ3) is 5.22. The van der Waals surface area contributed by atoms with Crippen LogP contribution < -0.4 is 0 Å². The molecule has 0 fully saturated rings. The zero-order chi connectivity index (χ0) is 10.9. The third-order valence-corrected chi connectivity index (χ3v) is 2.40. The highest BCUT2D eigenvalue weighted by Crippen LogP contribution is 2.13. The van der Waals surface area contributed by atoms with Crippen molar-refractivity contribution in [2.24, 2.45) is 0 Å². The van der Waals surface area contributed by atoms with E-state index in [9.17, 15) is 4.79 Å². The Morgan fingerprint density at radius 2 is 2.47 bits per heavy atom. The summed E-state index contributed by atoms with van der Waals surface area (Å²) in [6.07, 6.45) is 4.97. The van der Waals surface area contributed by atoms with Gasteiger partial charge in [0.05, 0.1) is 11.6 Å². The van der Waals surface area contributed by atoms with Crippen LogP contribution in [0.15, 0.2) is 41.6 Å². The summed E-state index contributed by atoms with van der Waals surface area (Å²) >= 11 is 1.57. The predicted molar refractivity (Wildman–Crippen MR) is 60.7 cm³/mol. The normalized spacial score (nSPS) is 10.5. The molecule has 0 aromatic carbocycles. The molecule has 0 saturated carbocycles. The van der Waals surface area contributed by atoms with E-state index >= 15 is 0 Å². The quantitative estimate of drug-likeness (QED) is 0.436. The van der Waals surface area contributed by atoms with Crippen molar-refractivity contribution in [1.29, 1.82) is 0 Å². The van der Waals surface area contributed by atoms with Gasteiger partial charge in [-0.05, 0) is 19.1 Å². The van der Waals surface area contributed by atoms with Crippen LogP contribution in [-0.4, -0.2) is 23.3 Å². The lowest BCUT2D eigenvalue weighted by molar-refractivity contribution is -0.137. The lowest BCUT2D eigenvalue weighted by atomic mass is 10.5. The molecule has 0 spiro atoms. The van der Waals surface area contributed by atoms with Crippen LogP contribution in [0.5, 0.6) is 0 Å². The number of hydrogen-bond acceptors (Lipinski definition) is 4. The molecular formula is C11H13NO2S. The molecule has 0 atom stereocenters. The molecule has 0 bridgehead atoms. The van der Waals surface area contributed by atoms with E-state index in [0.29, 0.717) is 6.61 Å². The fraction of sp³-hybridized carbons (Fsp3) is 0.273. The molecule has 80 valence electrons. The van der Waals surface area contributed by atoms with Gasteiger partial charge in [-0.3, -0.25) is 0 Å². The molecule has 0 saturated heterocycles. The Morgan fingerprint density at radius 3 is 3.13 bits per heavy atom. The minimum Gasteiger partial charge on any atom is -0.463 e. The van der Waals surface area contributed by atoms with Gasteiger partial charge in [-0.25, -0.2) is 9.78 Å². The zero-order valence-electron chi connectivity index (χ0n) is 8.55. The van der Waals surface area contributed by atoms with Crippen LogP contribution in [0.1, 0.15) is 6.92 Å². The number of rotatable bonds is 5. The van der Waals surface area contributed by atoms with Crippen LogP contribution in [0.4, 0.5) is 0 Å². The molecule has 0 radical (unpaired) electrons.